The monoisotopic (exact) mass is 455 g/mol. The van der Waals surface area contributed by atoms with E-state index in [1.807, 2.05) is 0 Å². The number of rotatable bonds is 7. The Morgan fingerprint density at radius 1 is 1.30 bits per heavy atom. The fraction of sp³-hybridized carbons (Fsp3) is 0.263. The van der Waals surface area contributed by atoms with Gasteiger partial charge in [-0.05, 0) is 31.2 Å². The fourth-order valence-electron chi connectivity index (χ4n) is 2.67. The standard InChI is InChI=1S/C19H17ClF3N5OS/c1-2-27(15-12-28(26-18(15)20)13-4-3-7-24-11-13)17(29)6-9-30-14-5-8-25-16(10-14)19(21,22)23/h3-5,7-8,10-12H,2,6,9H2,1H3. The van der Waals surface area contributed by atoms with Crippen molar-refractivity contribution < 1.29 is 18.0 Å². The summed E-state index contributed by atoms with van der Waals surface area (Å²) in [6.07, 6.45) is 1.62. The molecule has 0 aliphatic rings. The molecule has 0 saturated heterocycles. The number of carbonyl (C=O) groups is 1. The van der Waals surface area contributed by atoms with E-state index in [9.17, 15) is 18.0 Å². The van der Waals surface area contributed by atoms with E-state index >= 15 is 0 Å². The molecule has 3 aromatic heterocycles. The summed E-state index contributed by atoms with van der Waals surface area (Å²) >= 11 is 7.40. The topological polar surface area (TPSA) is 63.9 Å². The Bertz CT molecular complexity index is 1010. The fourth-order valence-corrected chi connectivity index (χ4v) is 3.77. The summed E-state index contributed by atoms with van der Waals surface area (Å²) in [5, 5.41) is 4.39. The lowest BCUT2D eigenvalue weighted by atomic mass is 10.3. The molecule has 0 aliphatic heterocycles. The Morgan fingerprint density at radius 3 is 2.77 bits per heavy atom. The summed E-state index contributed by atoms with van der Waals surface area (Å²) < 4.78 is 39.8. The molecule has 0 fully saturated rings. The van der Waals surface area contributed by atoms with Crippen LogP contribution in [0.15, 0.2) is 53.9 Å². The third kappa shape index (κ3) is 5.31. The van der Waals surface area contributed by atoms with Crippen molar-refractivity contribution in [2.75, 3.05) is 17.2 Å². The number of amides is 1. The van der Waals surface area contributed by atoms with Crippen LogP contribution in [0.3, 0.4) is 0 Å². The first-order chi connectivity index (χ1) is 14.3. The van der Waals surface area contributed by atoms with Crippen LogP contribution >= 0.6 is 23.4 Å². The predicted octanol–water partition coefficient (Wildman–Crippen LogP) is 4.87. The minimum Gasteiger partial charge on any atom is -0.308 e. The first-order valence-electron chi connectivity index (χ1n) is 8.91. The molecule has 3 aromatic rings. The molecule has 6 nitrogen and oxygen atoms in total. The summed E-state index contributed by atoms with van der Waals surface area (Å²) in [5.74, 6) is 0.105. The number of hydrogen-bond donors (Lipinski definition) is 0. The zero-order valence-corrected chi connectivity index (χ0v) is 17.4. The zero-order valence-electron chi connectivity index (χ0n) is 15.8. The molecular formula is C19H17ClF3N5OS. The van der Waals surface area contributed by atoms with Gasteiger partial charge >= 0.3 is 6.18 Å². The predicted molar refractivity (Wildman–Crippen MR) is 109 cm³/mol. The number of halogens is 4. The van der Waals surface area contributed by atoms with Crippen molar-refractivity contribution in [2.45, 2.75) is 24.4 Å². The Balaban J connectivity index is 1.65. The highest BCUT2D eigenvalue weighted by molar-refractivity contribution is 7.99. The van der Waals surface area contributed by atoms with Gasteiger partial charge in [0.1, 0.15) is 11.4 Å². The molecule has 158 valence electrons. The van der Waals surface area contributed by atoms with Gasteiger partial charge in [-0.2, -0.15) is 18.3 Å². The van der Waals surface area contributed by atoms with E-state index in [0.717, 1.165) is 24.0 Å². The van der Waals surface area contributed by atoms with Crippen molar-refractivity contribution in [2.24, 2.45) is 0 Å². The second-order valence-corrected chi connectivity index (χ2v) is 7.60. The molecule has 0 aliphatic carbocycles. The zero-order chi connectivity index (χ0) is 21.7. The molecule has 0 atom stereocenters. The molecule has 0 N–H and O–H groups in total. The van der Waals surface area contributed by atoms with Crippen molar-refractivity contribution in [1.29, 1.82) is 0 Å². The minimum atomic E-state index is -4.50. The highest BCUT2D eigenvalue weighted by Crippen LogP contribution is 2.31. The van der Waals surface area contributed by atoms with E-state index in [1.54, 1.807) is 37.6 Å². The van der Waals surface area contributed by atoms with Crippen LogP contribution in [0.5, 0.6) is 0 Å². The lowest BCUT2D eigenvalue weighted by molar-refractivity contribution is -0.141. The van der Waals surface area contributed by atoms with Crippen LogP contribution in [-0.4, -0.2) is 38.0 Å². The molecule has 0 radical (unpaired) electrons. The highest BCUT2D eigenvalue weighted by Gasteiger charge is 2.32. The van der Waals surface area contributed by atoms with E-state index < -0.39 is 11.9 Å². The Morgan fingerprint density at radius 2 is 2.10 bits per heavy atom. The molecule has 0 spiro atoms. The number of aromatic nitrogens is 4. The van der Waals surface area contributed by atoms with Crippen LogP contribution in [0.1, 0.15) is 19.0 Å². The molecular weight excluding hydrogens is 439 g/mol. The van der Waals surface area contributed by atoms with Gasteiger partial charge in [-0.15, -0.1) is 11.8 Å². The van der Waals surface area contributed by atoms with Crippen molar-refractivity contribution in [3.05, 3.63) is 59.9 Å². The summed E-state index contributed by atoms with van der Waals surface area (Å²) in [6, 6.07) is 6.02. The highest BCUT2D eigenvalue weighted by atomic mass is 35.5. The van der Waals surface area contributed by atoms with Gasteiger partial charge in [-0.3, -0.25) is 14.8 Å². The van der Waals surface area contributed by atoms with Crippen LogP contribution in [0.4, 0.5) is 18.9 Å². The van der Waals surface area contributed by atoms with E-state index in [2.05, 4.69) is 15.1 Å². The summed E-state index contributed by atoms with van der Waals surface area (Å²) in [6.45, 7) is 2.18. The summed E-state index contributed by atoms with van der Waals surface area (Å²) in [4.78, 5) is 22.0. The Labute approximate surface area is 180 Å². The van der Waals surface area contributed by atoms with Crippen LogP contribution in [0, 0.1) is 0 Å². The van der Waals surface area contributed by atoms with Crippen LogP contribution in [0.25, 0.3) is 5.69 Å². The second kappa shape index (κ2) is 9.48. The van der Waals surface area contributed by atoms with Crippen molar-refractivity contribution in [3.63, 3.8) is 0 Å². The minimum absolute atomic E-state index is 0.122. The average Bonchev–Trinajstić information content (AvgIpc) is 3.10. The second-order valence-electron chi connectivity index (χ2n) is 6.07. The van der Waals surface area contributed by atoms with Crippen LogP contribution in [-0.2, 0) is 11.0 Å². The van der Waals surface area contributed by atoms with E-state index in [4.69, 9.17) is 11.6 Å². The van der Waals surface area contributed by atoms with Crippen molar-refractivity contribution in [3.8, 4) is 5.69 Å². The number of anilines is 1. The van der Waals surface area contributed by atoms with Gasteiger partial charge in [0.15, 0.2) is 5.15 Å². The van der Waals surface area contributed by atoms with E-state index in [0.29, 0.717) is 28.6 Å². The van der Waals surface area contributed by atoms with Gasteiger partial charge in [0, 0.05) is 36.0 Å². The first-order valence-corrected chi connectivity index (χ1v) is 10.3. The lowest BCUT2D eigenvalue weighted by Crippen LogP contribution is -2.30. The van der Waals surface area contributed by atoms with Crippen LogP contribution < -0.4 is 4.90 Å². The maximum Gasteiger partial charge on any atom is 0.433 e. The molecule has 1 amide bonds. The Hall–Kier alpha value is -2.59. The average molecular weight is 456 g/mol. The lowest BCUT2D eigenvalue weighted by Gasteiger charge is -2.19. The molecule has 3 heterocycles. The van der Waals surface area contributed by atoms with Crippen molar-refractivity contribution >= 4 is 35.0 Å². The van der Waals surface area contributed by atoms with E-state index in [-0.39, 0.29) is 17.5 Å². The van der Waals surface area contributed by atoms with Gasteiger partial charge in [0.05, 0.1) is 18.1 Å². The largest absolute Gasteiger partial charge is 0.433 e. The molecule has 3 rings (SSSR count). The normalized spacial score (nSPS) is 11.5. The van der Waals surface area contributed by atoms with Gasteiger partial charge in [-0.1, -0.05) is 11.6 Å². The third-order valence-electron chi connectivity index (χ3n) is 4.08. The van der Waals surface area contributed by atoms with Crippen LogP contribution in [0.2, 0.25) is 5.15 Å². The molecule has 30 heavy (non-hydrogen) atoms. The number of pyridine rings is 2. The quantitative estimate of drug-likeness (QED) is 0.475. The van der Waals surface area contributed by atoms with Gasteiger partial charge in [-0.25, -0.2) is 4.68 Å². The SMILES string of the molecule is CCN(C(=O)CCSc1ccnc(C(F)(F)F)c1)c1cn(-c2cccnc2)nc1Cl. The number of thioether (sulfide) groups is 1. The van der Waals surface area contributed by atoms with Gasteiger partial charge < -0.3 is 4.90 Å². The molecule has 0 aromatic carbocycles. The number of carbonyl (C=O) groups excluding carboxylic acids is 1. The molecule has 0 bridgehead atoms. The summed E-state index contributed by atoms with van der Waals surface area (Å²) in [5.41, 5.74) is 0.202. The molecule has 11 heteroatoms. The summed E-state index contributed by atoms with van der Waals surface area (Å²) in [7, 11) is 0. The number of nitrogens with zero attached hydrogens (tertiary/aromatic N) is 5. The first kappa shape index (κ1) is 22.1. The number of hydrogen-bond acceptors (Lipinski definition) is 5. The third-order valence-corrected chi connectivity index (χ3v) is 5.34. The van der Waals surface area contributed by atoms with Gasteiger partial charge in [0.25, 0.3) is 0 Å². The van der Waals surface area contributed by atoms with Crippen molar-refractivity contribution in [1.82, 2.24) is 19.7 Å². The van der Waals surface area contributed by atoms with E-state index in [1.165, 1.54) is 15.6 Å². The molecule has 0 unspecified atom stereocenters. The Kier molecular flexibility index (Phi) is 6.99. The maximum absolute atomic E-state index is 12.8. The smallest absolute Gasteiger partial charge is 0.308 e. The number of alkyl halides is 3. The van der Waals surface area contributed by atoms with Gasteiger partial charge in [0.2, 0.25) is 5.91 Å². The molecule has 0 saturated carbocycles. The maximum atomic E-state index is 12.8.